The number of aromatic nitrogens is 1. The molecule has 0 aliphatic carbocycles. The lowest BCUT2D eigenvalue weighted by atomic mass is 10.4. The zero-order valence-electron chi connectivity index (χ0n) is 10.00. The maximum atomic E-state index is 12.1. The predicted octanol–water partition coefficient (Wildman–Crippen LogP) is 2.54. The Morgan fingerprint density at radius 2 is 1.95 bits per heavy atom. The van der Waals surface area contributed by atoms with Gasteiger partial charge >= 0.3 is 0 Å². The maximum absolute atomic E-state index is 12.1. The van der Waals surface area contributed by atoms with Crippen LogP contribution in [0.25, 0.3) is 0 Å². The second kappa shape index (κ2) is 5.46. The molecule has 1 heterocycles. The van der Waals surface area contributed by atoms with Crippen LogP contribution in [0.4, 0.5) is 5.69 Å². The summed E-state index contributed by atoms with van der Waals surface area (Å²) in [7, 11) is -2.29. The number of sulfonamides is 1. The Bertz CT molecular complexity index is 675. The van der Waals surface area contributed by atoms with Crippen LogP contribution in [0.15, 0.2) is 47.5 Å². The van der Waals surface area contributed by atoms with E-state index in [1.165, 1.54) is 31.5 Å². The van der Waals surface area contributed by atoms with E-state index in [0.717, 1.165) is 0 Å². The van der Waals surface area contributed by atoms with Gasteiger partial charge in [-0.15, -0.1) is 0 Å². The van der Waals surface area contributed by atoms with Gasteiger partial charge in [0.05, 0.1) is 17.0 Å². The van der Waals surface area contributed by atoms with E-state index < -0.39 is 10.0 Å². The van der Waals surface area contributed by atoms with Gasteiger partial charge in [0, 0.05) is 6.20 Å². The van der Waals surface area contributed by atoms with E-state index in [4.69, 9.17) is 16.3 Å². The first-order valence-electron chi connectivity index (χ1n) is 5.30. The minimum Gasteiger partial charge on any atom is -0.479 e. The normalized spacial score (nSPS) is 11.1. The Balaban J connectivity index is 2.38. The molecular weight excluding hydrogens is 288 g/mol. The summed E-state index contributed by atoms with van der Waals surface area (Å²) < 4.78 is 31.7. The molecule has 0 spiro atoms. The monoisotopic (exact) mass is 298 g/mol. The zero-order valence-corrected chi connectivity index (χ0v) is 11.6. The molecule has 7 heteroatoms. The molecule has 0 saturated carbocycles. The molecule has 0 radical (unpaired) electrons. The number of benzene rings is 1. The second-order valence-electron chi connectivity index (χ2n) is 3.63. The first kappa shape index (κ1) is 13.6. The molecule has 2 aromatic rings. The fourth-order valence-corrected chi connectivity index (χ4v) is 2.69. The molecule has 0 aliphatic heterocycles. The molecule has 19 heavy (non-hydrogen) atoms. The summed E-state index contributed by atoms with van der Waals surface area (Å²) in [6, 6.07) is 9.44. The van der Waals surface area contributed by atoms with Crippen molar-refractivity contribution in [2.45, 2.75) is 4.90 Å². The molecule has 0 atom stereocenters. The highest BCUT2D eigenvalue weighted by molar-refractivity contribution is 7.92. The fraction of sp³-hybridized carbons (Fsp3) is 0.0833. The molecule has 5 nitrogen and oxygen atoms in total. The van der Waals surface area contributed by atoms with Crippen molar-refractivity contribution >= 4 is 27.3 Å². The highest BCUT2D eigenvalue weighted by Crippen LogP contribution is 2.27. The smallest absolute Gasteiger partial charge is 0.262 e. The van der Waals surface area contributed by atoms with Crippen LogP contribution in [0.2, 0.25) is 5.02 Å². The minimum absolute atomic E-state index is 0.150. The third-order valence-corrected chi connectivity index (χ3v) is 3.90. The Kier molecular flexibility index (Phi) is 3.92. The summed E-state index contributed by atoms with van der Waals surface area (Å²) in [5.74, 6) is 0.156. The Hall–Kier alpha value is -1.79. The van der Waals surface area contributed by atoms with Gasteiger partial charge in [-0.1, -0.05) is 29.8 Å². The number of hydrogen-bond acceptors (Lipinski definition) is 4. The number of nitrogens with one attached hydrogen (secondary N) is 1. The van der Waals surface area contributed by atoms with Crippen molar-refractivity contribution in [2.24, 2.45) is 0 Å². The summed E-state index contributed by atoms with van der Waals surface area (Å²) in [5.41, 5.74) is 0.193. The van der Waals surface area contributed by atoms with Crippen molar-refractivity contribution < 1.29 is 13.2 Å². The van der Waals surface area contributed by atoms with Gasteiger partial charge in [0.15, 0.2) is 0 Å². The molecule has 0 fully saturated rings. The van der Waals surface area contributed by atoms with E-state index in [0.29, 0.717) is 5.02 Å². The molecule has 0 aliphatic rings. The van der Waals surface area contributed by atoms with Crippen molar-refractivity contribution in [2.75, 3.05) is 11.8 Å². The summed E-state index contributed by atoms with van der Waals surface area (Å²) >= 11 is 5.80. The first-order valence-corrected chi connectivity index (χ1v) is 7.16. The summed E-state index contributed by atoms with van der Waals surface area (Å²) in [6.45, 7) is 0. The molecule has 1 aromatic carbocycles. The van der Waals surface area contributed by atoms with Gasteiger partial charge in [-0.2, -0.15) is 0 Å². The second-order valence-corrected chi connectivity index (χ2v) is 5.75. The predicted molar refractivity (Wildman–Crippen MR) is 73.0 cm³/mol. The topological polar surface area (TPSA) is 68.3 Å². The summed E-state index contributed by atoms with van der Waals surface area (Å²) in [5, 5.41) is 0.312. The Labute approximate surface area is 116 Å². The van der Waals surface area contributed by atoms with Gasteiger partial charge in [0.2, 0.25) is 5.88 Å². The number of nitrogens with zero attached hydrogens (tertiary/aromatic N) is 1. The maximum Gasteiger partial charge on any atom is 0.262 e. The number of halogens is 1. The third-order valence-electron chi connectivity index (χ3n) is 2.31. The van der Waals surface area contributed by atoms with Crippen LogP contribution >= 0.6 is 11.6 Å². The van der Waals surface area contributed by atoms with Crippen LogP contribution in [0.1, 0.15) is 0 Å². The molecule has 1 aromatic heterocycles. The Morgan fingerprint density at radius 3 is 2.58 bits per heavy atom. The van der Waals surface area contributed by atoms with Crippen LogP contribution in [0.3, 0.4) is 0 Å². The van der Waals surface area contributed by atoms with E-state index in [-0.39, 0.29) is 16.5 Å². The zero-order chi connectivity index (χ0) is 13.9. The van der Waals surface area contributed by atoms with E-state index in [2.05, 4.69) is 9.71 Å². The molecule has 0 bridgehead atoms. The third kappa shape index (κ3) is 3.15. The van der Waals surface area contributed by atoms with Gasteiger partial charge < -0.3 is 4.74 Å². The lowest BCUT2D eigenvalue weighted by Crippen LogP contribution is -2.13. The van der Waals surface area contributed by atoms with Crippen molar-refractivity contribution in [1.29, 1.82) is 0 Å². The Morgan fingerprint density at radius 1 is 1.26 bits per heavy atom. The van der Waals surface area contributed by atoms with Crippen LogP contribution in [0.5, 0.6) is 5.88 Å². The average Bonchev–Trinajstić information content (AvgIpc) is 2.39. The summed E-state index contributed by atoms with van der Waals surface area (Å²) in [4.78, 5) is 4.04. The van der Waals surface area contributed by atoms with Crippen molar-refractivity contribution in [1.82, 2.24) is 4.98 Å². The minimum atomic E-state index is -3.69. The van der Waals surface area contributed by atoms with Crippen molar-refractivity contribution in [3.63, 3.8) is 0 Å². The number of ether oxygens (including phenoxy) is 1. The molecule has 0 unspecified atom stereocenters. The highest BCUT2D eigenvalue weighted by Gasteiger charge is 2.16. The van der Waals surface area contributed by atoms with Crippen molar-refractivity contribution in [3.05, 3.63) is 47.6 Å². The van der Waals surface area contributed by atoms with Gasteiger partial charge in [0.1, 0.15) is 5.69 Å². The van der Waals surface area contributed by atoms with E-state index >= 15 is 0 Å². The van der Waals surface area contributed by atoms with Gasteiger partial charge in [-0.25, -0.2) is 13.4 Å². The first-order chi connectivity index (χ1) is 9.03. The molecular formula is C12H11ClN2O3S. The molecule has 1 N–H and O–H groups in total. The van der Waals surface area contributed by atoms with Crippen LogP contribution < -0.4 is 9.46 Å². The summed E-state index contributed by atoms with van der Waals surface area (Å²) in [6.07, 6.45) is 1.38. The van der Waals surface area contributed by atoms with E-state index in [1.54, 1.807) is 18.2 Å². The largest absolute Gasteiger partial charge is 0.479 e. The number of anilines is 1. The number of hydrogen-bond donors (Lipinski definition) is 1. The number of pyridine rings is 1. The lowest BCUT2D eigenvalue weighted by molar-refractivity contribution is 0.400. The SMILES string of the molecule is COc1ncc(Cl)cc1NS(=O)(=O)c1ccccc1. The van der Waals surface area contributed by atoms with Gasteiger partial charge in [-0.3, -0.25) is 4.72 Å². The highest BCUT2D eigenvalue weighted by atomic mass is 35.5. The lowest BCUT2D eigenvalue weighted by Gasteiger charge is -2.11. The van der Waals surface area contributed by atoms with E-state index in [9.17, 15) is 8.42 Å². The van der Waals surface area contributed by atoms with E-state index in [1.807, 2.05) is 0 Å². The van der Waals surface area contributed by atoms with Crippen molar-refractivity contribution in [3.8, 4) is 5.88 Å². The fourth-order valence-electron chi connectivity index (χ4n) is 1.47. The standard InChI is InChI=1S/C12H11ClN2O3S/c1-18-12-11(7-9(13)8-14-12)15-19(16,17)10-5-3-2-4-6-10/h2-8,15H,1H3. The molecule has 100 valence electrons. The molecule has 0 amide bonds. The number of methoxy groups -OCH3 is 1. The van der Waals surface area contributed by atoms with Crippen LogP contribution in [0, 0.1) is 0 Å². The quantitative estimate of drug-likeness (QED) is 0.942. The van der Waals surface area contributed by atoms with Crippen LogP contribution in [-0.2, 0) is 10.0 Å². The molecule has 0 saturated heterocycles. The average molecular weight is 299 g/mol. The van der Waals surface area contributed by atoms with Gasteiger partial charge in [0.25, 0.3) is 10.0 Å². The molecule has 2 rings (SSSR count). The van der Waals surface area contributed by atoms with Crippen LogP contribution in [-0.4, -0.2) is 20.5 Å². The number of rotatable bonds is 4. The van der Waals surface area contributed by atoms with Gasteiger partial charge in [-0.05, 0) is 18.2 Å².